The van der Waals surface area contributed by atoms with Gasteiger partial charge in [0.1, 0.15) is 0 Å². The highest BCUT2D eigenvalue weighted by molar-refractivity contribution is 7.99. The van der Waals surface area contributed by atoms with Gasteiger partial charge in [-0.2, -0.15) is 0 Å². The molecular formula is C13H19NOS. The van der Waals surface area contributed by atoms with Gasteiger partial charge in [0.05, 0.1) is 18.3 Å². The molecule has 2 rings (SSSR count). The van der Waals surface area contributed by atoms with E-state index in [0.29, 0.717) is 5.92 Å². The molecular weight excluding hydrogens is 218 g/mol. The van der Waals surface area contributed by atoms with E-state index in [9.17, 15) is 5.11 Å². The Balaban J connectivity index is 2.33. The molecule has 88 valence electrons. The van der Waals surface area contributed by atoms with Crippen LogP contribution in [0.1, 0.15) is 25.3 Å². The molecule has 2 nitrogen and oxygen atoms in total. The van der Waals surface area contributed by atoms with Gasteiger partial charge >= 0.3 is 0 Å². The van der Waals surface area contributed by atoms with Crippen molar-refractivity contribution < 1.29 is 5.11 Å². The van der Waals surface area contributed by atoms with Crippen molar-refractivity contribution in [2.45, 2.75) is 30.7 Å². The zero-order valence-electron chi connectivity index (χ0n) is 10.1. The molecule has 16 heavy (non-hydrogen) atoms. The molecule has 1 aromatic carbocycles. The monoisotopic (exact) mass is 237 g/mol. The molecule has 0 fully saturated rings. The SMILES string of the molecule is CC(C)c1ccc2c(c1)SCC(CO)N2C. The van der Waals surface area contributed by atoms with Crippen LogP contribution in [0.2, 0.25) is 0 Å². The van der Waals surface area contributed by atoms with E-state index < -0.39 is 0 Å². The fraction of sp³-hybridized carbons (Fsp3) is 0.538. The number of anilines is 1. The Bertz CT molecular complexity index is 378. The maximum atomic E-state index is 9.27. The van der Waals surface area contributed by atoms with Crippen LogP contribution in [0.4, 0.5) is 5.69 Å². The summed E-state index contributed by atoms with van der Waals surface area (Å²) < 4.78 is 0. The van der Waals surface area contributed by atoms with Gasteiger partial charge in [-0.1, -0.05) is 19.9 Å². The number of rotatable bonds is 2. The van der Waals surface area contributed by atoms with Crippen LogP contribution in [0.3, 0.4) is 0 Å². The van der Waals surface area contributed by atoms with Gasteiger partial charge in [-0.05, 0) is 23.6 Å². The normalized spacial score (nSPS) is 20.1. The number of fused-ring (bicyclic) bond motifs is 1. The van der Waals surface area contributed by atoms with Gasteiger partial charge in [-0.3, -0.25) is 0 Å². The number of nitrogens with zero attached hydrogens (tertiary/aromatic N) is 1. The van der Waals surface area contributed by atoms with Crippen molar-refractivity contribution in [2.75, 3.05) is 24.3 Å². The van der Waals surface area contributed by atoms with Crippen LogP contribution in [0, 0.1) is 0 Å². The molecule has 0 bridgehead atoms. The molecule has 1 N–H and O–H groups in total. The lowest BCUT2D eigenvalue weighted by atomic mass is 10.0. The van der Waals surface area contributed by atoms with E-state index in [1.165, 1.54) is 16.1 Å². The van der Waals surface area contributed by atoms with Gasteiger partial charge in [-0.15, -0.1) is 11.8 Å². The first-order valence-corrected chi connectivity index (χ1v) is 6.72. The Labute approximate surface area is 102 Å². The van der Waals surface area contributed by atoms with E-state index in [1.807, 2.05) is 11.8 Å². The second kappa shape index (κ2) is 4.68. The maximum Gasteiger partial charge on any atom is 0.0643 e. The number of likely N-dealkylation sites (N-methyl/N-ethyl adjacent to an activating group) is 1. The van der Waals surface area contributed by atoms with Crippen molar-refractivity contribution in [1.29, 1.82) is 0 Å². The predicted octanol–water partition coefficient (Wildman–Crippen LogP) is 2.71. The Morgan fingerprint density at radius 2 is 2.25 bits per heavy atom. The fourth-order valence-electron chi connectivity index (χ4n) is 1.97. The summed E-state index contributed by atoms with van der Waals surface area (Å²) in [5.41, 5.74) is 2.64. The number of hydrogen-bond donors (Lipinski definition) is 1. The minimum atomic E-state index is 0.231. The van der Waals surface area contributed by atoms with Crippen molar-refractivity contribution >= 4 is 17.4 Å². The van der Waals surface area contributed by atoms with Gasteiger partial charge in [-0.25, -0.2) is 0 Å². The molecule has 0 radical (unpaired) electrons. The molecule has 1 heterocycles. The second-order valence-corrected chi connectivity index (χ2v) is 5.70. The molecule has 1 aliphatic heterocycles. The number of aliphatic hydroxyl groups excluding tert-OH is 1. The Morgan fingerprint density at radius 1 is 1.50 bits per heavy atom. The van der Waals surface area contributed by atoms with Gasteiger partial charge in [0.15, 0.2) is 0 Å². The second-order valence-electron chi connectivity index (χ2n) is 4.64. The molecule has 1 aromatic rings. The van der Waals surface area contributed by atoms with Crippen molar-refractivity contribution in [3.05, 3.63) is 23.8 Å². The average Bonchev–Trinajstić information content (AvgIpc) is 2.29. The number of benzene rings is 1. The zero-order chi connectivity index (χ0) is 11.7. The molecule has 0 saturated carbocycles. The summed E-state index contributed by atoms with van der Waals surface area (Å²) in [7, 11) is 2.06. The standard InChI is InChI=1S/C13H19NOS/c1-9(2)10-4-5-12-13(6-10)16-8-11(7-15)14(12)3/h4-6,9,11,15H,7-8H2,1-3H3. The maximum absolute atomic E-state index is 9.27. The summed E-state index contributed by atoms with van der Waals surface area (Å²) >= 11 is 1.86. The predicted molar refractivity (Wildman–Crippen MR) is 70.5 cm³/mol. The van der Waals surface area contributed by atoms with Crippen molar-refractivity contribution in [1.82, 2.24) is 0 Å². The van der Waals surface area contributed by atoms with Crippen LogP contribution in [-0.4, -0.2) is 30.6 Å². The highest BCUT2D eigenvalue weighted by Crippen LogP contribution is 2.38. The van der Waals surface area contributed by atoms with E-state index >= 15 is 0 Å². The smallest absolute Gasteiger partial charge is 0.0643 e. The lowest BCUT2D eigenvalue weighted by molar-refractivity contribution is 0.271. The molecule has 3 heteroatoms. The molecule has 0 spiro atoms. The van der Waals surface area contributed by atoms with Crippen molar-refractivity contribution in [2.24, 2.45) is 0 Å². The van der Waals surface area contributed by atoms with Gasteiger partial charge in [0.25, 0.3) is 0 Å². The lowest BCUT2D eigenvalue weighted by Crippen LogP contribution is -2.39. The minimum Gasteiger partial charge on any atom is -0.394 e. The van der Waals surface area contributed by atoms with E-state index in [1.54, 1.807) is 0 Å². The fourth-order valence-corrected chi connectivity index (χ4v) is 3.25. The zero-order valence-corrected chi connectivity index (χ0v) is 10.9. The third kappa shape index (κ3) is 2.06. The highest BCUT2D eigenvalue weighted by Gasteiger charge is 2.23. The molecule has 0 saturated heterocycles. The Kier molecular flexibility index (Phi) is 3.45. The third-order valence-electron chi connectivity index (χ3n) is 3.22. The van der Waals surface area contributed by atoms with Gasteiger partial charge in [0.2, 0.25) is 0 Å². The lowest BCUT2D eigenvalue weighted by Gasteiger charge is -2.34. The minimum absolute atomic E-state index is 0.231. The van der Waals surface area contributed by atoms with Gasteiger partial charge < -0.3 is 10.0 Å². The quantitative estimate of drug-likeness (QED) is 0.855. The number of hydrogen-bond acceptors (Lipinski definition) is 3. The number of thioether (sulfide) groups is 1. The Hall–Kier alpha value is -0.670. The van der Waals surface area contributed by atoms with E-state index in [0.717, 1.165) is 5.75 Å². The number of aliphatic hydroxyl groups is 1. The molecule has 0 aromatic heterocycles. The summed E-state index contributed by atoms with van der Waals surface area (Å²) in [5.74, 6) is 1.55. The molecule has 1 unspecified atom stereocenters. The topological polar surface area (TPSA) is 23.5 Å². The van der Waals surface area contributed by atoms with Crippen LogP contribution >= 0.6 is 11.8 Å². The largest absolute Gasteiger partial charge is 0.394 e. The molecule has 0 amide bonds. The summed E-state index contributed by atoms with van der Waals surface area (Å²) in [5, 5.41) is 9.27. The molecule has 0 aliphatic carbocycles. The molecule has 1 aliphatic rings. The first kappa shape index (κ1) is 11.8. The molecule has 1 atom stereocenters. The van der Waals surface area contributed by atoms with Crippen LogP contribution < -0.4 is 4.90 Å². The van der Waals surface area contributed by atoms with Gasteiger partial charge in [0, 0.05) is 17.7 Å². The average molecular weight is 237 g/mol. The van der Waals surface area contributed by atoms with Crippen molar-refractivity contribution in [3.63, 3.8) is 0 Å². The third-order valence-corrected chi connectivity index (χ3v) is 4.41. The summed E-state index contributed by atoms with van der Waals surface area (Å²) in [6, 6.07) is 6.91. The first-order chi connectivity index (χ1) is 7.63. The summed E-state index contributed by atoms with van der Waals surface area (Å²) in [6.45, 7) is 4.67. The van der Waals surface area contributed by atoms with Crippen molar-refractivity contribution in [3.8, 4) is 0 Å². The van der Waals surface area contributed by atoms with E-state index in [2.05, 4.69) is 44.0 Å². The highest BCUT2D eigenvalue weighted by atomic mass is 32.2. The van der Waals surface area contributed by atoms with E-state index in [-0.39, 0.29) is 12.6 Å². The Morgan fingerprint density at radius 3 is 2.88 bits per heavy atom. The van der Waals surface area contributed by atoms with Crippen LogP contribution in [-0.2, 0) is 0 Å². The van der Waals surface area contributed by atoms with Crippen LogP contribution in [0.15, 0.2) is 23.1 Å². The van der Waals surface area contributed by atoms with E-state index in [4.69, 9.17) is 0 Å². The summed E-state index contributed by atoms with van der Waals surface area (Å²) in [4.78, 5) is 3.54. The first-order valence-electron chi connectivity index (χ1n) is 5.74. The van der Waals surface area contributed by atoms with Crippen LogP contribution in [0.25, 0.3) is 0 Å². The van der Waals surface area contributed by atoms with Crippen LogP contribution in [0.5, 0.6) is 0 Å². The summed E-state index contributed by atoms with van der Waals surface area (Å²) in [6.07, 6.45) is 0.